The van der Waals surface area contributed by atoms with Gasteiger partial charge in [-0.2, -0.15) is 0 Å². The van der Waals surface area contributed by atoms with Gasteiger partial charge in [0.25, 0.3) is 0 Å². The first kappa shape index (κ1) is 29.5. The number of nitrogens with zero attached hydrogens (tertiary/aromatic N) is 1. The third-order valence-electron chi connectivity index (χ3n) is 5.26. The van der Waals surface area contributed by atoms with Crippen molar-refractivity contribution in [1.29, 1.82) is 0 Å². The van der Waals surface area contributed by atoms with E-state index >= 15 is 0 Å². The molecule has 1 atom stereocenters. The summed E-state index contributed by atoms with van der Waals surface area (Å²) in [5, 5.41) is 5.59. The summed E-state index contributed by atoms with van der Waals surface area (Å²) in [7, 11) is 0. The fraction of sp³-hybridized carbons (Fsp3) is 0.667. The van der Waals surface area contributed by atoms with E-state index in [0.29, 0.717) is 6.54 Å². The van der Waals surface area contributed by atoms with Crippen LogP contribution < -0.4 is 10.6 Å². The van der Waals surface area contributed by atoms with Gasteiger partial charge in [-0.25, -0.2) is 4.79 Å². The fourth-order valence-electron chi connectivity index (χ4n) is 3.52. The molecule has 2 N–H and O–H groups in total. The van der Waals surface area contributed by atoms with Crippen LogP contribution in [0.3, 0.4) is 0 Å². The van der Waals surface area contributed by atoms with E-state index in [4.69, 9.17) is 4.74 Å². The Morgan fingerprint density at radius 3 is 2.15 bits per heavy atom. The minimum absolute atomic E-state index is 0.239. The minimum Gasteiger partial charge on any atom is -0.444 e. The van der Waals surface area contributed by atoms with Gasteiger partial charge in [0.15, 0.2) is 0 Å². The lowest BCUT2D eigenvalue weighted by Gasteiger charge is -2.34. The maximum atomic E-state index is 13.5. The molecule has 0 saturated heterocycles. The van der Waals surface area contributed by atoms with Gasteiger partial charge in [0.2, 0.25) is 11.8 Å². The lowest BCUT2D eigenvalue weighted by molar-refractivity contribution is -0.141. The second kappa shape index (κ2) is 12.8. The molecule has 0 heterocycles. The lowest BCUT2D eigenvalue weighted by atomic mass is 9.97. The van der Waals surface area contributed by atoms with E-state index in [1.165, 1.54) is 0 Å². The molecule has 0 aliphatic carbocycles. The summed E-state index contributed by atoms with van der Waals surface area (Å²) < 4.78 is 5.27. The Bertz CT molecular complexity index is 837. The zero-order valence-electron chi connectivity index (χ0n) is 22.6. The molecule has 7 heteroatoms. The molecule has 0 radical (unpaired) electrons. The molecular weight excluding hydrogens is 430 g/mol. The summed E-state index contributed by atoms with van der Waals surface area (Å²) in [5.74, 6) is -0.563. The Balaban J connectivity index is 3.28. The zero-order chi connectivity index (χ0) is 26.1. The van der Waals surface area contributed by atoms with Gasteiger partial charge in [-0.05, 0) is 78.5 Å². The highest BCUT2D eigenvalue weighted by atomic mass is 16.6. The van der Waals surface area contributed by atoms with Crippen molar-refractivity contribution < 1.29 is 19.1 Å². The van der Waals surface area contributed by atoms with Crippen LogP contribution >= 0.6 is 0 Å². The number of carbonyl (C=O) groups is 3. The monoisotopic (exact) mass is 475 g/mol. The van der Waals surface area contributed by atoms with Crippen molar-refractivity contribution in [3.8, 4) is 0 Å². The van der Waals surface area contributed by atoms with Gasteiger partial charge in [0, 0.05) is 12.1 Å². The lowest BCUT2D eigenvalue weighted by Crippen LogP contribution is -2.51. The Labute approximate surface area is 206 Å². The first-order valence-corrected chi connectivity index (χ1v) is 12.3. The molecule has 0 aliphatic rings. The molecule has 0 fully saturated rings. The first-order valence-electron chi connectivity index (χ1n) is 12.3. The number of alkyl carbamates (subject to hydrolysis) is 1. The van der Waals surface area contributed by atoms with Crippen molar-refractivity contribution in [2.24, 2.45) is 0 Å². The van der Waals surface area contributed by atoms with Gasteiger partial charge in [-0.3, -0.25) is 9.59 Å². The van der Waals surface area contributed by atoms with Crippen molar-refractivity contribution in [2.75, 3.05) is 13.1 Å². The van der Waals surface area contributed by atoms with E-state index in [1.54, 1.807) is 25.7 Å². The maximum absolute atomic E-state index is 13.5. The maximum Gasteiger partial charge on any atom is 0.408 e. The molecule has 1 aromatic carbocycles. The first-order chi connectivity index (χ1) is 15.6. The van der Waals surface area contributed by atoms with Crippen LogP contribution in [0, 0.1) is 13.8 Å². The van der Waals surface area contributed by atoms with E-state index in [0.717, 1.165) is 42.4 Å². The molecule has 0 spiro atoms. The van der Waals surface area contributed by atoms with Crippen LogP contribution in [0.25, 0.3) is 0 Å². The van der Waals surface area contributed by atoms with Crippen LogP contribution in [0.5, 0.6) is 0 Å². The molecule has 1 aromatic rings. The normalized spacial score (nSPS) is 12.6. The average Bonchev–Trinajstić information content (AvgIpc) is 2.68. The summed E-state index contributed by atoms with van der Waals surface area (Å²) in [4.78, 5) is 40.6. The largest absolute Gasteiger partial charge is 0.444 e. The molecular formula is C27H45N3O4. The molecule has 7 nitrogen and oxygen atoms in total. The Hall–Kier alpha value is -2.57. The third kappa shape index (κ3) is 10.6. The number of unbranched alkanes of at least 4 members (excludes halogenated alkanes) is 3. The Morgan fingerprint density at radius 1 is 0.971 bits per heavy atom. The van der Waals surface area contributed by atoms with E-state index in [9.17, 15) is 14.4 Å². The topological polar surface area (TPSA) is 87.7 Å². The van der Waals surface area contributed by atoms with E-state index in [-0.39, 0.29) is 18.4 Å². The number of hydrogen-bond donors (Lipinski definition) is 2. The predicted octanol–water partition coefficient (Wildman–Crippen LogP) is 5.19. The highest BCUT2D eigenvalue weighted by Gasteiger charge is 2.33. The van der Waals surface area contributed by atoms with Crippen molar-refractivity contribution in [3.63, 3.8) is 0 Å². The molecule has 3 amide bonds. The Morgan fingerprint density at radius 2 is 1.62 bits per heavy atom. The standard InChI is InChI=1S/C27H45N3O4/c1-10-11-12-13-16-30(22(31)18-28-25(33)34-27(7,8)9)23(24(32)29-26(4,5)6)21-15-14-19(2)20(3)17-21/h14-15,17,23H,10-13,16,18H2,1-9H3,(H,28,33)(H,29,32). The molecule has 0 bridgehead atoms. The van der Waals surface area contributed by atoms with Crippen molar-refractivity contribution in [1.82, 2.24) is 15.5 Å². The highest BCUT2D eigenvalue weighted by molar-refractivity contribution is 5.90. The highest BCUT2D eigenvalue weighted by Crippen LogP contribution is 2.25. The number of rotatable bonds is 10. The summed E-state index contributed by atoms with van der Waals surface area (Å²) in [6.45, 7) is 17.4. The van der Waals surface area contributed by atoms with Gasteiger partial charge < -0.3 is 20.3 Å². The van der Waals surface area contributed by atoms with Crippen molar-refractivity contribution in [3.05, 3.63) is 34.9 Å². The molecule has 1 rings (SSSR count). The second-order valence-electron chi connectivity index (χ2n) is 11.0. The molecule has 34 heavy (non-hydrogen) atoms. The summed E-state index contributed by atoms with van der Waals surface area (Å²) >= 11 is 0. The minimum atomic E-state index is -0.798. The number of nitrogens with one attached hydrogen (secondary N) is 2. The van der Waals surface area contributed by atoms with E-state index in [1.807, 2.05) is 52.8 Å². The van der Waals surface area contributed by atoms with Crippen LogP contribution in [0.1, 0.15) is 96.9 Å². The molecule has 0 aromatic heterocycles. The average molecular weight is 476 g/mol. The molecule has 0 saturated carbocycles. The number of benzene rings is 1. The van der Waals surface area contributed by atoms with Crippen LogP contribution in [-0.2, 0) is 14.3 Å². The van der Waals surface area contributed by atoms with Crippen molar-refractivity contribution >= 4 is 17.9 Å². The number of ether oxygens (including phenoxy) is 1. The third-order valence-corrected chi connectivity index (χ3v) is 5.26. The smallest absolute Gasteiger partial charge is 0.408 e. The van der Waals surface area contributed by atoms with Crippen LogP contribution in [0.15, 0.2) is 18.2 Å². The Kier molecular flexibility index (Phi) is 11.1. The van der Waals surface area contributed by atoms with Gasteiger partial charge in [-0.15, -0.1) is 0 Å². The summed E-state index contributed by atoms with van der Waals surface area (Å²) in [6, 6.07) is 5.05. The van der Waals surface area contributed by atoms with Crippen LogP contribution in [0.2, 0.25) is 0 Å². The van der Waals surface area contributed by atoms with Gasteiger partial charge >= 0.3 is 6.09 Å². The van der Waals surface area contributed by atoms with Crippen LogP contribution in [-0.4, -0.2) is 47.0 Å². The molecule has 192 valence electrons. The molecule has 0 aliphatic heterocycles. The number of aryl methyl sites for hydroxylation is 2. The predicted molar refractivity (Wildman–Crippen MR) is 137 cm³/mol. The molecule has 1 unspecified atom stereocenters. The SMILES string of the molecule is CCCCCCN(C(=O)CNC(=O)OC(C)(C)C)C(C(=O)NC(C)(C)C)c1ccc(C)c(C)c1. The van der Waals surface area contributed by atoms with Crippen molar-refractivity contribution in [2.45, 2.75) is 105 Å². The van der Waals surface area contributed by atoms with Gasteiger partial charge in [0.1, 0.15) is 18.2 Å². The van der Waals surface area contributed by atoms with Crippen LogP contribution in [0.4, 0.5) is 4.79 Å². The van der Waals surface area contributed by atoms with E-state index < -0.39 is 23.3 Å². The second-order valence-corrected chi connectivity index (χ2v) is 11.0. The number of hydrogen-bond acceptors (Lipinski definition) is 4. The zero-order valence-corrected chi connectivity index (χ0v) is 22.6. The summed E-state index contributed by atoms with van der Waals surface area (Å²) in [6.07, 6.45) is 3.20. The summed E-state index contributed by atoms with van der Waals surface area (Å²) in [5.41, 5.74) is 1.80. The van der Waals surface area contributed by atoms with Gasteiger partial charge in [0.05, 0.1) is 0 Å². The quantitative estimate of drug-likeness (QED) is 0.456. The number of carbonyl (C=O) groups excluding carboxylic acids is 3. The van der Waals surface area contributed by atoms with E-state index in [2.05, 4.69) is 17.6 Å². The van der Waals surface area contributed by atoms with Gasteiger partial charge in [-0.1, -0.05) is 44.4 Å². The fourth-order valence-corrected chi connectivity index (χ4v) is 3.52. The number of amides is 3.